The molecule has 1 fully saturated rings. The first kappa shape index (κ1) is 39.5. The third-order valence-corrected chi connectivity index (χ3v) is 10.1. The number of tetrazole rings is 1. The van der Waals surface area contributed by atoms with Crippen molar-refractivity contribution < 1.29 is 28.7 Å². The summed E-state index contributed by atoms with van der Waals surface area (Å²) in [6.07, 6.45) is 0.00551. The fourth-order valence-electron chi connectivity index (χ4n) is 4.57. The third-order valence-electron chi connectivity index (χ3n) is 6.98. The number of rotatable bonds is 15. The molecule has 0 radical (unpaired) electrons. The number of β-lactam (4-membered cyclic amide) rings is 1. The van der Waals surface area contributed by atoms with Crippen molar-refractivity contribution >= 4 is 88.6 Å². The number of thioether (sulfide) groups is 2. The molecule has 1 unspecified atom stereocenters. The molecule has 2 aliphatic rings. The maximum Gasteiger partial charge on any atom is 0.358 e. The molecule has 1 saturated heterocycles. The fraction of sp³-hybridized carbons (Fsp3) is 0.615. The molecule has 0 spiro atoms. The van der Waals surface area contributed by atoms with Crippen LogP contribution < -0.4 is 11.1 Å². The Bertz CT molecular complexity index is 1400. The summed E-state index contributed by atoms with van der Waals surface area (Å²) < 4.78 is 12.6. The topological polar surface area (TPSA) is 188 Å². The Morgan fingerprint density at radius 2 is 1.93 bits per heavy atom. The summed E-state index contributed by atoms with van der Waals surface area (Å²) in [5.41, 5.74) is 6.88. The van der Waals surface area contributed by atoms with Gasteiger partial charge in [0.05, 0.1) is 24.6 Å². The summed E-state index contributed by atoms with van der Waals surface area (Å²) in [5, 5.41) is 16.8. The average Bonchev–Trinajstić information content (AvgIpc) is 3.61. The lowest BCUT2D eigenvalue weighted by molar-refractivity contribution is -0.187. The van der Waals surface area contributed by atoms with Crippen molar-refractivity contribution in [2.75, 3.05) is 37.9 Å². The molecule has 0 bridgehead atoms. The van der Waals surface area contributed by atoms with Crippen molar-refractivity contribution in [1.29, 1.82) is 0 Å². The number of nitrogen functional groups attached to an aromatic ring is 1. The number of hydrogen-bond acceptors (Lipinski definition) is 15. The Labute approximate surface area is 291 Å². The summed E-state index contributed by atoms with van der Waals surface area (Å²) >= 11 is 3.99. The van der Waals surface area contributed by atoms with Gasteiger partial charge in [-0.25, -0.2) is 14.5 Å². The number of anilines is 1. The van der Waals surface area contributed by atoms with Gasteiger partial charge >= 0.3 is 11.9 Å². The van der Waals surface area contributed by atoms with E-state index >= 15 is 0 Å². The molecular weight excluding hydrogens is 701 g/mol. The zero-order chi connectivity index (χ0) is 32.0. The summed E-state index contributed by atoms with van der Waals surface area (Å²) in [4.78, 5) is 59.6. The van der Waals surface area contributed by atoms with E-state index in [0.717, 1.165) is 6.54 Å². The first-order valence-corrected chi connectivity index (χ1v) is 17.0. The Balaban J connectivity index is 0.00000368. The monoisotopic (exact) mass is 739 g/mol. The van der Waals surface area contributed by atoms with Gasteiger partial charge in [0.2, 0.25) is 17.4 Å². The second kappa shape index (κ2) is 18.1. The molecule has 4 heterocycles. The molecule has 2 amide bonds. The Morgan fingerprint density at radius 1 is 1.22 bits per heavy atom. The van der Waals surface area contributed by atoms with Crippen LogP contribution in [-0.4, -0.2) is 109 Å². The number of carbonyl (C=O) groups is 4. The number of nitrogens with two attached hydrogens (primary N) is 1. The number of esters is 2. The van der Waals surface area contributed by atoms with Crippen LogP contribution in [0.15, 0.2) is 21.8 Å². The normalized spacial score (nSPS) is 17.9. The fourth-order valence-corrected chi connectivity index (χ4v) is 7.53. The molecule has 46 heavy (non-hydrogen) atoms. The maximum absolute atomic E-state index is 13.6. The quantitative estimate of drug-likeness (QED) is 0.117. The number of likely N-dealkylation sites (N-methyl/N-ethyl adjacent to an activating group) is 1. The van der Waals surface area contributed by atoms with Crippen molar-refractivity contribution in [3.8, 4) is 0 Å². The third kappa shape index (κ3) is 9.70. The second-order valence-corrected chi connectivity index (χ2v) is 13.4. The molecule has 0 aliphatic carbocycles. The van der Waals surface area contributed by atoms with Crippen LogP contribution in [0.4, 0.5) is 5.13 Å². The highest BCUT2D eigenvalue weighted by atomic mass is 35.5. The maximum atomic E-state index is 13.6. The van der Waals surface area contributed by atoms with E-state index in [1.807, 2.05) is 32.8 Å². The lowest BCUT2D eigenvalue weighted by Crippen LogP contribution is -2.70. The van der Waals surface area contributed by atoms with E-state index in [4.69, 9.17) is 15.2 Å². The van der Waals surface area contributed by atoms with Gasteiger partial charge in [0, 0.05) is 30.4 Å². The molecule has 4 rings (SSSR count). The molecule has 15 nitrogen and oxygen atoms in total. The number of halogens is 2. The van der Waals surface area contributed by atoms with Crippen LogP contribution in [0.3, 0.4) is 0 Å². The van der Waals surface area contributed by atoms with Crippen molar-refractivity contribution in [1.82, 2.24) is 40.3 Å². The number of fused-ring (bicyclic) bond motifs is 1. The zero-order valence-electron chi connectivity index (χ0n) is 26.0. The van der Waals surface area contributed by atoms with E-state index < -0.39 is 35.6 Å². The zero-order valence-corrected chi connectivity index (χ0v) is 30.1. The molecule has 2 aromatic heterocycles. The predicted molar refractivity (Wildman–Crippen MR) is 180 cm³/mol. The minimum absolute atomic E-state index is 0. The highest BCUT2D eigenvalue weighted by Crippen LogP contribution is 2.42. The van der Waals surface area contributed by atoms with Gasteiger partial charge in [0.15, 0.2) is 5.13 Å². The van der Waals surface area contributed by atoms with Crippen LogP contribution in [0, 0.1) is 5.92 Å². The van der Waals surface area contributed by atoms with Gasteiger partial charge in [-0.15, -0.1) is 53.0 Å². The minimum Gasteiger partial charge on any atom is -0.425 e. The number of nitrogens with one attached hydrogen (secondary N) is 1. The van der Waals surface area contributed by atoms with Gasteiger partial charge < -0.3 is 25.4 Å². The molecular formula is C26H39Cl2N9O6S3. The Morgan fingerprint density at radius 3 is 2.57 bits per heavy atom. The molecule has 3 atom stereocenters. The molecule has 3 N–H and O–H groups in total. The van der Waals surface area contributed by atoms with E-state index in [1.165, 1.54) is 46.7 Å². The number of hydrogen-bond donors (Lipinski definition) is 2. The molecule has 2 aliphatic heterocycles. The van der Waals surface area contributed by atoms with Crippen molar-refractivity contribution in [2.24, 2.45) is 5.92 Å². The van der Waals surface area contributed by atoms with Gasteiger partial charge in [0.1, 0.15) is 17.1 Å². The smallest absolute Gasteiger partial charge is 0.358 e. The summed E-state index contributed by atoms with van der Waals surface area (Å²) in [6, 6.07) is -0.830. The lowest BCUT2D eigenvalue weighted by Gasteiger charge is -2.49. The predicted octanol–water partition coefficient (Wildman–Crippen LogP) is 1.97. The summed E-state index contributed by atoms with van der Waals surface area (Å²) in [6.45, 7) is 6.54. The number of carbonyl (C=O) groups excluding carboxylic acids is 4. The van der Waals surface area contributed by atoms with E-state index in [2.05, 4.69) is 25.8 Å². The van der Waals surface area contributed by atoms with Gasteiger partial charge in [0.25, 0.3) is 5.91 Å². The van der Waals surface area contributed by atoms with Crippen LogP contribution >= 0.6 is 59.7 Å². The van der Waals surface area contributed by atoms with Crippen LogP contribution in [0.5, 0.6) is 0 Å². The van der Waals surface area contributed by atoms with Gasteiger partial charge in [-0.05, 0) is 42.9 Å². The highest BCUT2D eigenvalue weighted by molar-refractivity contribution is 8.01. The van der Waals surface area contributed by atoms with Crippen LogP contribution in [0.25, 0.3) is 0 Å². The van der Waals surface area contributed by atoms with Crippen molar-refractivity contribution in [2.45, 2.75) is 69.4 Å². The van der Waals surface area contributed by atoms with Gasteiger partial charge in [-0.1, -0.05) is 25.6 Å². The van der Waals surface area contributed by atoms with Gasteiger partial charge in [-0.2, -0.15) is 0 Å². The van der Waals surface area contributed by atoms with E-state index in [1.54, 1.807) is 10.1 Å². The number of nitrogens with zero attached hydrogens (tertiary/aromatic N) is 7. The summed E-state index contributed by atoms with van der Waals surface area (Å²) in [5.74, 6) is -1.68. The van der Waals surface area contributed by atoms with E-state index in [-0.39, 0.29) is 48.8 Å². The van der Waals surface area contributed by atoms with E-state index in [0.29, 0.717) is 52.4 Å². The molecule has 0 saturated carbocycles. The second-order valence-electron chi connectivity index (χ2n) is 10.5. The Kier molecular flexibility index (Phi) is 15.5. The lowest BCUT2D eigenvalue weighted by atomic mass is 10.0. The number of ether oxygens (including phenoxy) is 2. The number of amides is 2. The minimum atomic E-state index is -1.17. The number of aromatic nitrogens is 5. The van der Waals surface area contributed by atoms with Crippen LogP contribution in [0.2, 0.25) is 0 Å². The SMILES string of the molecule is CCC(CC)C(=O)OC(C)OC(=O)C1=C(CSc2nnnn2CCN(C)C)CS[C@H]2[C@H](NC(=O)Cc3csc(N)n3)C(=O)N12.Cl.Cl. The van der Waals surface area contributed by atoms with Crippen molar-refractivity contribution in [3.63, 3.8) is 0 Å². The standard InChI is InChI=1S/C26H37N9O6S3.2ClH/c1-6-15(7-2)23(38)40-14(3)41-24(39)20-16(12-44-26-30-31-32-34(26)9-8-33(4)5)11-42-22-19(21(37)35(20)22)29-18(36)10-17-13-43-25(27)28-17;;/h13-15,19,22H,6-12H2,1-5H3,(H2,27,28)(H,29,36);2*1H/t14?,19-,22+;;/m1../s1. The molecule has 256 valence electrons. The van der Waals surface area contributed by atoms with Gasteiger partial charge in [-0.3, -0.25) is 19.3 Å². The molecule has 0 aromatic carbocycles. The summed E-state index contributed by atoms with van der Waals surface area (Å²) in [7, 11) is 3.90. The van der Waals surface area contributed by atoms with Crippen LogP contribution in [0.1, 0.15) is 39.3 Å². The van der Waals surface area contributed by atoms with E-state index in [9.17, 15) is 19.2 Å². The average molecular weight is 741 g/mol. The molecule has 20 heteroatoms. The van der Waals surface area contributed by atoms with Crippen molar-refractivity contribution in [3.05, 3.63) is 22.3 Å². The molecule has 2 aromatic rings. The Hall–Kier alpha value is -2.64. The first-order valence-electron chi connectivity index (χ1n) is 14.1. The largest absolute Gasteiger partial charge is 0.425 e. The highest BCUT2D eigenvalue weighted by Gasteiger charge is 2.54. The van der Waals surface area contributed by atoms with Crippen LogP contribution in [-0.2, 0) is 41.6 Å². The number of thiazole rings is 1. The first-order chi connectivity index (χ1) is 21.0.